The molecule has 0 aromatic rings. The Morgan fingerprint density at radius 1 is 1.15 bits per heavy atom. The minimum absolute atomic E-state index is 0.0833. The van der Waals surface area contributed by atoms with Crippen LogP contribution in [0.4, 0.5) is 0 Å². The summed E-state index contributed by atoms with van der Waals surface area (Å²) in [7, 11) is 0. The third kappa shape index (κ3) is 4.52. The van der Waals surface area contributed by atoms with Crippen molar-refractivity contribution in [3.05, 3.63) is 11.6 Å². The largest absolute Gasteiger partial charge is 0.461 e. The lowest BCUT2D eigenvalue weighted by Gasteiger charge is -2.62. The number of esters is 1. The van der Waals surface area contributed by atoms with Gasteiger partial charge >= 0.3 is 5.97 Å². The molecule has 1 N–H and O–H groups in total. The minimum Gasteiger partial charge on any atom is -0.461 e. The molecule has 3 unspecified atom stereocenters. The van der Waals surface area contributed by atoms with Gasteiger partial charge in [-0.3, -0.25) is 14.5 Å². The number of aliphatic hydroxyl groups excluding tert-OH is 1. The van der Waals surface area contributed by atoms with Crippen LogP contribution in [0, 0.1) is 34.5 Å². The maximum Gasteiger partial charge on any atom is 0.320 e. The molecule has 4 rings (SSSR count). The number of nitrogens with zero attached hydrogens (tertiary/aromatic N) is 1. The van der Waals surface area contributed by atoms with Gasteiger partial charge in [0.05, 0.1) is 12.6 Å². The van der Waals surface area contributed by atoms with Gasteiger partial charge in [0.1, 0.15) is 6.10 Å². The molecule has 0 amide bonds. The van der Waals surface area contributed by atoms with Crippen molar-refractivity contribution in [2.45, 2.75) is 105 Å². The summed E-state index contributed by atoms with van der Waals surface area (Å²) in [5, 5.41) is 10.4. The molecule has 5 nitrogen and oxygen atoms in total. The fraction of sp³-hybridized carbons (Fsp3) is 0.862. The highest BCUT2D eigenvalue weighted by Gasteiger charge is 2.63. The number of hydrogen-bond donors (Lipinski definition) is 1. The Labute approximate surface area is 206 Å². The van der Waals surface area contributed by atoms with Crippen LogP contribution in [-0.4, -0.2) is 53.6 Å². The van der Waals surface area contributed by atoms with Gasteiger partial charge in [-0.05, 0) is 107 Å². The van der Waals surface area contributed by atoms with Gasteiger partial charge in [-0.2, -0.15) is 0 Å². The lowest BCUT2D eigenvalue weighted by molar-refractivity contribution is -0.194. The average Bonchev–Trinajstić information content (AvgIpc) is 3.11. The maximum atomic E-state index is 13.3. The normalized spacial score (nSPS) is 41.3. The Balaban J connectivity index is 1.63. The minimum atomic E-state index is -0.206. The summed E-state index contributed by atoms with van der Waals surface area (Å²) in [6, 6.07) is 0. The van der Waals surface area contributed by atoms with Crippen molar-refractivity contribution in [1.29, 1.82) is 0 Å². The van der Waals surface area contributed by atoms with E-state index in [0.29, 0.717) is 30.2 Å². The number of carbonyl (C=O) groups excluding carboxylic acids is 2. The molecule has 0 heterocycles. The second-order valence-corrected chi connectivity index (χ2v) is 12.3. The lowest BCUT2D eigenvalue weighted by Crippen LogP contribution is -2.60. The molecule has 5 heteroatoms. The Morgan fingerprint density at radius 2 is 1.85 bits per heavy atom. The van der Waals surface area contributed by atoms with Gasteiger partial charge in [-0.15, -0.1) is 0 Å². The SMILES string of the molecule is CCCN(CCC)CC(=O)OC1C[C@]2(C)C(C(C)=O)=CC[C@H]2[C@@H]2CCC3CC(O)CC[C@]3(C)[C@@H]12. The van der Waals surface area contributed by atoms with Gasteiger partial charge in [0, 0.05) is 11.3 Å². The van der Waals surface area contributed by atoms with Crippen LogP contribution >= 0.6 is 0 Å². The highest BCUT2D eigenvalue weighted by molar-refractivity contribution is 5.95. The quantitative estimate of drug-likeness (QED) is 0.493. The molecule has 0 bridgehead atoms. The first-order chi connectivity index (χ1) is 16.1. The number of rotatable bonds is 8. The Morgan fingerprint density at radius 3 is 2.50 bits per heavy atom. The van der Waals surface area contributed by atoms with Crippen molar-refractivity contribution in [2.75, 3.05) is 19.6 Å². The molecule has 0 aliphatic heterocycles. The van der Waals surface area contributed by atoms with E-state index in [1.807, 2.05) is 0 Å². The van der Waals surface area contributed by atoms with Crippen molar-refractivity contribution in [3.8, 4) is 0 Å². The summed E-state index contributed by atoms with van der Waals surface area (Å²) in [4.78, 5) is 28.1. The van der Waals surface area contributed by atoms with Crippen LogP contribution in [-0.2, 0) is 14.3 Å². The van der Waals surface area contributed by atoms with E-state index in [-0.39, 0.29) is 34.8 Å². The van der Waals surface area contributed by atoms with E-state index < -0.39 is 0 Å². The number of carbonyl (C=O) groups is 2. The number of aliphatic hydroxyl groups is 1. The topological polar surface area (TPSA) is 66.8 Å². The average molecular weight is 474 g/mol. The maximum absolute atomic E-state index is 13.3. The van der Waals surface area contributed by atoms with Gasteiger partial charge < -0.3 is 9.84 Å². The number of allylic oxidation sites excluding steroid dienone is 2. The molecule has 4 aliphatic carbocycles. The van der Waals surface area contributed by atoms with Crippen molar-refractivity contribution < 1.29 is 19.4 Å². The number of hydrogen-bond acceptors (Lipinski definition) is 5. The highest BCUT2D eigenvalue weighted by atomic mass is 16.5. The number of fused-ring (bicyclic) bond motifs is 5. The fourth-order valence-corrected chi connectivity index (χ4v) is 8.84. The zero-order chi connectivity index (χ0) is 24.7. The van der Waals surface area contributed by atoms with Gasteiger partial charge in [-0.25, -0.2) is 0 Å². The summed E-state index contributed by atoms with van der Waals surface area (Å²) in [5.74, 6) is 1.77. The third-order valence-electron chi connectivity index (χ3n) is 10.2. The summed E-state index contributed by atoms with van der Waals surface area (Å²) < 4.78 is 6.44. The van der Waals surface area contributed by atoms with Crippen LogP contribution in [0.3, 0.4) is 0 Å². The Hall–Kier alpha value is -1.20. The molecule has 0 radical (unpaired) electrons. The molecular formula is C29H47NO4. The van der Waals surface area contributed by atoms with Crippen molar-refractivity contribution in [1.82, 2.24) is 4.90 Å². The van der Waals surface area contributed by atoms with Crippen LogP contribution < -0.4 is 0 Å². The first kappa shape index (κ1) is 25.9. The predicted octanol–water partition coefficient (Wildman–Crippen LogP) is 5.16. The Bertz CT molecular complexity index is 802. The Kier molecular flexibility index (Phi) is 7.65. The van der Waals surface area contributed by atoms with E-state index in [0.717, 1.165) is 76.5 Å². The third-order valence-corrected chi connectivity index (χ3v) is 10.2. The predicted molar refractivity (Wildman–Crippen MR) is 134 cm³/mol. The molecule has 192 valence electrons. The summed E-state index contributed by atoms with van der Waals surface area (Å²) in [5.41, 5.74) is 0.837. The van der Waals surface area contributed by atoms with E-state index in [1.165, 1.54) is 0 Å². The standard InChI is InChI=1S/C29H47NO4/c1-6-14-30(15-7-2)18-26(33)34-25-17-29(5)23(19(3)31)10-11-24(29)22-9-8-20-16-21(32)12-13-28(20,4)27(22)25/h10,20-22,24-25,27,32H,6-9,11-18H2,1-5H3/t20?,21?,22-,24-,25?,27+,28-,29+/m0/s1. The smallest absolute Gasteiger partial charge is 0.320 e. The highest BCUT2D eigenvalue weighted by Crippen LogP contribution is 2.66. The summed E-state index contributed by atoms with van der Waals surface area (Å²) >= 11 is 0. The van der Waals surface area contributed by atoms with Gasteiger partial charge in [0.15, 0.2) is 5.78 Å². The summed E-state index contributed by atoms with van der Waals surface area (Å²) in [6.07, 6.45) is 10.6. The molecular weight excluding hydrogens is 426 g/mol. The molecule has 3 saturated carbocycles. The van der Waals surface area contributed by atoms with Crippen LogP contribution in [0.5, 0.6) is 0 Å². The second kappa shape index (κ2) is 10.0. The van der Waals surface area contributed by atoms with Crippen LogP contribution in [0.2, 0.25) is 0 Å². The first-order valence-electron chi connectivity index (χ1n) is 14.0. The number of Topliss-reactive ketones (excluding diaryl/α,β-unsaturated/α-hetero) is 1. The monoisotopic (exact) mass is 473 g/mol. The fourth-order valence-electron chi connectivity index (χ4n) is 8.84. The second-order valence-electron chi connectivity index (χ2n) is 12.3. The molecule has 8 atom stereocenters. The molecule has 3 fully saturated rings. The van der Waals surface area contributed by atoms with Crippen molar-refractivity contribution in [3.63, 3.8) is 0 Å². The van der Waals surface area contributed by atoms with E-state index >= 15 is 0 Å². The molecule has 4 aliphatic rings. The molecule has 0 aromatic carbocycles. The lowest BCUT2D eigenvalue weighted by atomic mass is 9.44. The van der Waals surface area contributed by atoms with Gasteiger partial charge in [0.25, 0.3) is 0 Å². The van der Waals surface area contributed by atoms with Crippen LogP contribution in [0.25, 0.3) is 0 Å². The molecule has 0 spiro atoms. The van der Waals surface area contributed by atoms with E-state index in [4.69, 9.17) is 4.74 Å². The van der Waals surface area contributed by atoms with Gasteiger partial charge in [0.2, 0.25) is 0 Å². The van der Waals surface area contributed by atoms with Crippen molar-refractivity contribution >= 4 is 11.8 Å². The number of ether oxygens (including phenoxy) is 1. The molecule has 34 heavy (non-hydrogen) atoms. The molecule has 0 aromatic heterocycles. The summed E-state index contributed by atoms with van der Waals surface area (Å²) in [6.45, 7) is 12.8. The first-order valence-corrected chi connectivity index (χ1v) is 14.0. The van der Waals surface area contributed by atoms with Gasteiger partial charge in [-0.1, -0.05) is 33.8 Å². The van der Waals surface area contributed by atoms with E-state index in [2.05, 4.69) is 38.7 Å². The van der Waals surface area contributed by atoms with Crippen molar-refractivity contribution in [2.24, 2.45) is 34.5 Å². The zero-order valence-electron chi connectivity index (χ0n) is 22.1. The van der Waals surface area contributed by atoms with E-state index in [9.17, 15) is 14.7 Å². The molecule has 0 saturated heterocycles. The van der Waals surface area contributed by atoms with E-state index in [1.54, 1.807) is 6.92 Å². The van der Waals surface area contributed by atoms with Crippen LogP contribution in [0.1, 0.15) is 92.4 Å². The van der Waals surface area contributed by atoms with Crippen LogP contribution in [0.15, 0.2) is 11.6 Å². The zero-order valence-corrected chi connectivity index (χ0v) is 22.1. The number of ketones is 1.